The Kier molecular flexibility index (Phi) is 4.93. The van der Waals surface area contributed by atoms with Gasteiger partial charge in [-0.15, -0.1) is 0 Å². The van der Waals surface area contributed by atoms with Crippen LogP contribution in [0.15, 0.2) is 22.7 Å². The van der Waals surface area contributed by atoms with Crippen molar-refractivity contribution in [1.82, 2.24) is 5.32 Å². The molecule has 0 bridgehead atoms. The fourth-order valence-electron chi connectivity index (χ4n) is 2.51. The second-order valence-electron chi connectivity index (χ2n) is 5.30. The van der Waals surface area contributed by atoms with Crippen LogP contribution in [0.1, 0.15) is 20.3 Å². The lowest BCUT2D eigenvalue weighted by Gasteiger charge is -2.36. The summed E-state index contributed by atoms with van der Waals surface area (Å²) in [6, 6.07) is 6.64. The van der Waals surface area contributed by atoms with Gasteiger partial charge in [0, 0.05) is 25.7 Å². The molecule has 1 N–H and O–H groups in total. The minimum Gasteiger partial charge on any atom is -0.368 e. The summed E-state index contributed by atoms with van der Waals surface area (Å²) in [6.07, 6.45) is 1.22. The average Bonchev–Trinajstić information content (AvgIpc) is 2.32. The van der Waals surface area contributed by atoms with Crippen molar-refractivity contribution < 1.29 is 0 Å². The van der Waals surface area contributed by atoms with Crippen molar-refractivity contribution >= 4 is 33.2 Å². The smallest absolute Gasteiger partial charge is 0.0595 e. The molecule has 1 heterocycles. The molecule has 0 saturated carbocycles. The third-order valence-electron chi connectivity index (χ3n) is 3.28. The minimum absolute atomic E-state index is 0.574. The highest BCUT2D eigenvalue weighted by Gasteiger charge is 2.22. The van der Waals surface area contributed by atoms with Crippen LogP contribution in [-0.2, 0) is 0 Å². The van der Waals surface area contributed by atoms with E-state index in [0.717, 1.165) is 35.0 Å². The lowest BCUT2D eigenvalue weighted by molar-refractivity contribution is 0.388. The number of rotatable bonds is 3. The molecule has 4 heteroatoms. The monoisotopic (exact) mass is 330 g/mol. The van der Waals surface area contributed by atoms with Gasteiger partial charge in [-0.3, -0.25) is 0 Å². The number of nitrogens with zero attached hydrogens (tertiary/aromatic N) is 1. The summed E-state index contributed by atoms with van der Waals surface area (Å²) in [5.41, 5.74) is 1.21. The Bertz CT molecular complexity index is 409. The van der Waals surface area contributed by atoms with Crippen molar-refractivity contribution in [2.24, 2.45) is 5.92 Å². The lowest BCUT2D eigenvalue weighted by atomic mass is 10.0. The highest BCUT2D eigenvalue weighted by Crippen LogP contribution is 2.33. The molecule has 2 rings (SSSR count). The third kappa shape index (κ3) is 3.40. The third-order valence-corrected chi connectivity index (χ3v) is 4.66. The Morgan fingerprint density at radius 1 is 1.50 bits per heavy atom. The Morgan fingerprint density at radius 3 is 3.00 bits per heavy atom. The lowest BCUT2D eigenvalue weighted by Crippen LogP contribution is -2.51. The fraction of sp³-hybridized carbons (Fsp3) is 0.571. The largest absolute Gasteiger partial charge is 0.368 e. The maximum atomic E-state index is 6.16. The molecule has 100 valence electrons. The van der Waals surface area contributed by atoms with E-state index in [4.69, 9.17) is 11.6 Å². The van der Waals surface area contributed by atoms with E-state index < -0.39 is 0 Å². The number of halogens is 2. The fourth-order valence-corrected chi connectivity index (χ4v) is 3.19. The molecule has 1 fully saturated rings. The molecule has 0 aromatic heterocycles. The standard InChI is InChI=1S/C14H20BrClN2/c1-10(2)8-11-9-18(7-6-17-11)13-5-3-4-12(16)14(13)15/h3-5,10-11,17H,6-9H2,1-2H3. The van der Waals surface area contributed by atoms with Gasteiger partial charge in [-0.2, -0.15) is 0 Å². The molecule has 0 radical (unpaired) electrons. The van der Waals surface area contributed by atoms with E-state index >= 15 is 0 Å². The van der Waals surface area contributed by atoms with Crippen molar-refractivity contribution in [3.05, 3.63) is 27.7 Å². The molecule has 1 aliphatic rings. The van der Waals surface area contributed by atoms with Crippen molar-refractivity contribution in [2.75, 3.05) is 24.5 Å². The summed E-state index contributed by atoms with van der Waals surface area (Å²) >= 11 is 9.76. The second-order valence-corrected chi connectivity index (χ2v) is 6.50. The van der Waals surface area contributed by atoms with Crippen LogP contribution in [0.25, 0.3) is 0 Å². The highest BCUT2D eigenvalue weighted by atomic mass is 79.9. The summed E-state index contributed by atoms with van der Waals surface area (Å²) in [6.45, 7) is 7.67. The summed E-state index contributed by atoms with van der Waals surface area (Å²) in [4.78, 5) is 2.42. The van der Waals surface area contributed by atoms with Crippen LogP contribution in [0.5, 0.6) is 0 Å². The Balaban J connectivity index is 2.11. The SMILES string of the molecule is CC(C)CC1CN(c2cccc(Cl)c2Br)CCN1. The van der Waals surface area contributed by atoms with Crippen LogP contribution in [-0.4, -0.2) is 25.7 Å². The molecule has 1 aromatic rings. The topological polar surface area (TPSA) is 15.3 Å². The number of piperazine rings is 1. The van der Waals surface area contributed by atoms with Crippen molar-refractivity contribution in [3.63, 3.8) is 0 Å². The molecular weight excluding hydrogens is 312 g/mol. The minimum atomic E-state index is 0.574. The first-order chi connectivity index (χ1) is 8.58. The van der Waals surface area contributed by atoms with Crippen LogP contribution < -0.4 is 10.2 Å². The number of hydrogen-bond donors (Lipinski definition) is 1. The predicted octanol–water partition coefficient (Wildman–Crippen LogP) is 3.93. The normalized spacial score (nSPS) is 20.5. The van der Waals surface area contributed by atoms with Gasteiger partial charge in [0.05, 0.1) is 15.2 Å². The molecule has 1 unspecified atom stereocenters. The molecule has 1 saturated heterocycles. The van der Waals surface area contributed by atoms with Crippen LogP contribution in [0.2, 0.25) is 5.02 Å². The number of nitrogens with one attached hydrogen (secondary N) is 1. The van der Waals surface area contributed by atoms with E-state index in [1.54, 1.807) is 0 Å². The molecular formula is C14H20BrClN2. The summed E-state index contributed by atoms with van der Waals surface area (Å²) < 4.78 is 1.01. The number of anilines is 1. The first-order valence-electron chi connectivity index (χ1n) is 6.50. The molecule has 1 atom stereocenters. The van der Waals surface area contributed by atoms with Gasteiger partial charge in [-0.25, -0.2) is 0 Å². The molecule has 1 aliphatic heterocycles. The first kappa shape index (κ1) is 14.2. The maximum Gasteiger partial charge on any atom is 0.0595 e. The summed E-state index contributed by atoms with van der Waals surface area (Å²) in [7, 11) is 0. The molecule has 0 spiro atoms. The Morgan fingerprint density at radius 2 is 2.28 bits per heavy atom. The van der Waals surface area contributed by atoms with E-state index in [2.05, 4.69) is 46.1 Å². The van der Waals surface area contributed by atoms with Crippen LogP contribution in [0.4, 0.5) is 5.69 Å². The molecule has 0 amide bonds. The van der Waals surface area contributed by atoms with Gasteiger partial charge in [0.25, 0.3) is 0 Å². The second kappa shape index (κ2) is 6.27. The predicted molar refractivity (Wildman–Crippen MR) is 82.6 cm³/mol. The van der Waals surface area contributed by atoms with Crippen LogP contribution >= 0.6 is 27.5 Å². The Labute approximate surface area is 123 Å². The van der Waals surface area contributed by atoms with E-state index in [0.29, 0.717) is 6.04 Å². The van der Waals surface area contributed by atoms with Crippen molar-refractivity contribution in [1.29, 1.82) is 0 Å². The number of hydrogen-bond acceptors (Lipinski definition) is 2. The summed E-state index contributed by atoms with van der Waals surface area (Å²) in [5.74, 6) is 0.727. The summed E-state index contributed by atoms with van der Waals surface area (Å²) in [5, 5.41) is 4.38. The van der Waals surface area contributed by atoms with E-state index in [9.17, 15) is 0 Å². The quantitative estimate of drug-likeness (QED) is 0.903. The van der Waals surface area contributed by atoms with Gasteiger partial charge in [-0.05, 0) is 40.4 Å². The zero-order chi connectivity index (χ0) is 13.1. The van der Waals surface area contributed by atoms with Gasteiger partial charge in [0.1, 0.15) is 0 Å². The van der Waals surface area contributed by atoms with Gasteiger partial charge in [0.2, 0.25) is 0 Å². The van der Waals surface area contributed by atoms with E-state index in [1.807, 2.05) is 12.1 Å². The average molecular weight is 332 g/mol. The molecule has 18 heavy (non-hydrogen) atoms. The highest BCUT2D eigenvalue weighted by molar-refractivity contribution is 9.10. The zero-order valence-electron chi connectivity index (χ0n) is 10.9. The van der Waals surface area contributed by atoms with E-state index in [1.165, 1.54) is 12.1 Å². The van der Waals surface area contributed by atoms with Gasteiger partial charge in [0.15, 0.2) is 0 Å². The van der Waals surface area contributed by atoms with Crippen LogP contribution in [0.3, 0.4) is 0 Å². The first-order valence-corrected chi connectivity index (χ1v) is 7.67. The van der Waals surface area contributed by atoms with Gasteiger partial charge < -0.3 is 10.2 Å². The molecule has 1 aromatic carbocycles. The van der Waals surface area contributed by atoms with Gasteiger partial charge >= 0.3 is 0 Å². The van der Waals surface area contributed by atoms with Crippen molar-refractivity contribution in [2.45, 2.75) is 26.3 Å². The molecule has 2 nitrogen and oxygen atoms in total. The van der Waals surface area contributed by atoms with Crippen molar-refractivity contribution in [3.8, 4) is 0 Å². The zero-order valence-corrected chi connectivity index (χ0v) is 13.3. The Hall–Kier alpha value is -0.250. The number of benzene rings is 1. The maximum absolute atomic E-state index is 6.16. The molecule has 0 aliphatic carbocycles. The van der Waals surface area contributed by atoms with Gasteiger partial charge in [-0.1, -0.05) is 31.5 Å². The van der Waals surface area contributed by atoms with E-state index in [-0.39, 0.29) is 0 Å². The van der Waals surface area contributed by atoms with Crippen LogP contribution in [0, 0.1) is 5.92 Å².